The highest BCUT2D eigenvalue weighted by molar-refractivity contribution is 7.11. The molecule has 0 radical (unpaired) electrons. The third-order valence-electron chi connectivity index (χ3n) is 5.24. The molecule has 1 aliphatic rings. The summed E-state index contributed by atoms with van der Waals surface area (Å²) in [5.74, 6) is -1.85. The quantitative estimate of drug-likeness (QED) is 0.424. The summed E-state index contributed by atoms with van der Waals surface area (Å²) in [6.45, 7) is 1.42. The van der Waals surface area contributed by atoms with Gasteiger partial charge >= 0.3 is 12.4 Å². The van der Waals surface area contributed by atoms with E-state index in [1.807, 2.05) is 6.07 Å². The summed E-state index contributed by atoms with van der Waals surface area (Å²) in [6.07, 6.45) is -11.0. The largest absolute Gasteiger partial charge is 0.475 e. The second kappa shape index (κ2) is 8.87. The maximum absolute atomic E-state index is 13.8. The van der Waals surface area contributed by atoms with Crippen LogP contribution in [0.2, 0.25) is 5.02 Å². The fourth-order valence-corrected chi connectivity index (χ4v) is 5.09. The molecule has 11 heteroatoms. The van der Waals surface area contributed by atoms with Crippen LogP contribution in [-0.4, -0.2) is 17.3 Å². The van der Waals surface area contributed by atoms with Gasteiger partial charge < -0.3 is 4.74 Å². The van der Waals surface area contributed by atoms with E-state index >= 15 is 0 Å². The van der Waals surface area contributed by atoms with Gasteiger partial charge in [0.1, 0.15) is 11.8 Å². The van der Waals surface area contributed by atoms with Crippen LogP contribution >= 0.6 is 22.9 Å². The Hall–Kier alpha value is -1.99. The SMILES string of the molecule is Cc1nc(C2CCC(C(F)(F)F)CC2)sc1C(Oc1ccc(C#N)c(Cl)c1)C(F)(F)F. The zero-order valence-corrected chi connectivity index (χ0v) is 17.7. The minimum absolute atomic E-state index is 0.0379. The van der Waals surface area contributed by atoms with Crippen LogP contribution in [0, 0.1) is 24.2 Å². The highest BCUT2D eigenvalue weighted by Crippen LogP contribution is 2.46. The molecular formula is C20H17ClF6N2OS. The van der Waals surface area contributed by atoms with Gasteiger partial charge in [-0.05, 0) is 44.7 Å². The van der Waals surface area contributed by atoms with E-state index in [0.29, 0.717) is 5.01 Å². The van der Waals surface area contributed by atoms with Gasteiger partial charge in [0.2, 0.25) is 6.10 Å². The number of halogens is 7. The molecule has 1 unspecified atom stereocenters. The predicted molar refractivity (Wildman–Crippen MR) is 103 cm³/mol. The molecule has 1 aromatic heterocycles. The van der Waals surface area contributed by atoms with Crippen molar-refractivity contribution in [3.05, 3.63) is 44.4 Å². The summed E-state index contributed by atoms with van der Waals surface area (Å²) >= 11 is 6.70. The first-order valence-electron chi connectivity index (χ1n) is 9.37. The molecule has 3 rings (SSSR count). The lowest BCUT2D eigenvalue weighted by atomic mass is 9.82. The third-order valence-corrected chi connectivity index (χ3v) is 6.91. The Morgan fingerprint density at radius 1 is 1.16 bits per heavy atom. The number of ether oxygens (including phenoxy) is 1. The second-order valence-corrected chi connectivity index (χ2v) is 8.85. The zero-order chi connectivity index (χ0) is 23.0. The van der Waals surface area contributed by atoms with Crippen molar-refractivity contribution in [3.8, 4) is 11.8 Å². The van der Waals surface area contributed by atoms with E-state index in [-0.39, 0.29) is 58.5 Å². The molecule has 31 heavy (non-hydrogen) atoms. The summed E-state index contributed by atoms with van der Waals surface area (Å²) in [5.41, 5.74) is 0.225. The van der Waals surface area contributed by atoms with E-state index in [0.717, 1.165) is 17.4 Å². The van der Waals surface area contributed by atoms with Gasteiger partial charge in [0, 0.05) is 12.0 Å². The fraction of sp³-hybridized carbons (Fsp3) is 0.500. The standard InChI is InChI=1S/C20H17ClF6N2OS/c1-10-16(31-18(29-10)11-2-5-13(6-3-11)19(22,23)24)17(20(25,26)27)30-14-7-4-12(9-28)15(21)8-14/h4,7-8,11,13,17H,2-3,5-6H2,1H3. The van der Waals surface area contributed by atoms with E-state index in [1.165, 1.54) is 19.1 Å². The number of hydrogen-bond donors (Lipinski definition) is 0. The number of aromatic nitrogens is 1. The van der Waals surface area contributed by atoms with Gasteiger partial charge in [-0.2, -0.15) is 31.6 Å². The molecule has 0 saturated heterocycles. The highest BCUT2D eigenvalue weighted by atomic mass is 35.5. The van der Waals surface area contributed by atoms with Crippen molar-refractivity contribution in [2.45, 2.75) is 57.0 Å². The summed E-state index contributed by atoms with van der Waals surface area (Å²) in [7, 11) is 0. The van der Waals surface area contributed by atoms with Crippen molar-refractivity contribution >= 4 is 22.9 Å². The highest BCUT2D eigenvalue weighted by Gasteiger charge is 2.46. The Morgan fingerprint density at radius 3 is 2.32 bits per heavy atom. The van der Waals surface area contributed by atoms with Crippen molar-refractivity contribution in [2.75, 3.05) is 0 Å². The Bertz CT molecular complexity index is 974. The molecule has 0 spiro atoms. The zero-order valence-electron chi connectivity index (χ0n) is 16.1. The van der Waals surface area contributed by atoms with Gasteiger partial charge in [0.15, 0.2) is 0 Å². The Balaban J connectivity index is 1.83. The van der Waals surface area contributed by atoms with Crippen molar-refractivity contribution < 1.29 is 31.1 Å². The van der Waals surface area contributed by atoms with Crippen molar-refractivity contribution in [1.82, 2.24) is 4.98 Å². The molecule has 1 aromatic carbocycles. The molecule has 0 amide bonds. The first kappa shape index (κ1) is 23.7. The maximum Gasteiger partial charge on any atom is 0.430 e. The molecule has 168 valence electrons. The van der Waals surface area contributed by atoms with Gasteiger partial charge in [0.05, 0.1) is 32.1 Å². The summed E-state index contributed by atoms with van der Waals surface area (Å²) < 4.78 is 85.2. The molecule has 1 heterocycles. The summed E-state index contributed by atoms with van der Waals surface area (Å²) in [4.78, 5) is 4.08. The van der Waals surface area contributed by atoms with Crippen LogP contribution in [0.4, 0.5) is 26.3 Å². The Kier molecular flexibility index (Phi) is 6.77. The number of hydrogen-bond acceptors (Lipinski definition) is 4. The van der Waals surface area contributed by atoms with Gasteiger partial charge in [-0.25, -0.2) is 4.98 Å². The van der Waals surface area contributed by atoms with Gasteiger partial charge in [-0.3, -0.25) is 0 Å². The smallest absolute Gasteiger partial charge is 0.430 e. The van der Waals surface area contributed by atoms with Crippen molar-refractivity contribution in [2.24, 2.45) is 5.92 Å². The number of aryl methyl sites for hydroxylation is 1. The first-order valence-corrected chi connectivity index (χ1v) is 10.6. The lowest BCUT2D eigenvalue weighted by Gasteiger charge is -2.28. The van der Waals surface area contributed by atoms with E-state index in [2.05, 4.69) is 4.98 Å². The molecule has 1 aliphatic carbocycles. The van der Waals surface area contributed by atoms with Crippen LogP contribution in [0.1, 0.15) is 58.8 Å². The average Bonchev–Trinajstić information content (AvgIpc) is 3.06. The van der Waals surface area contributed by atoms with Crippen LogP contribution in [0.25, 0.3) is 0 Å². The average molecular weight is 483 g/mol. The molecule has 1 atom stereocenters. The van der Waals surface area contributed by atoms with Gasteiger partial charge in [-0.15, -0.1) is 11.3 Å². The molecule has 0 N–H and O–H groups in total. The van der Waals surface area contributed by atoms with Crippen LogP contribution in [0.5, 0.6) is 5.75 Å². The number of nitriles is 1. The van der Waals surface area contributed by atoms with E-state index in [1.54, 1.807) is 0 Å². The minimum atomic E-state index is -4.76. The van der Waals surface area contributed by atoms with Crippen LogP contribution in [0.15, 0.2) is 18.2 Å². The topological polar surface area (TPSA) is 45.9 Å². The van der Waals surface area contributed by atoms with Crippen molar-refractivity contribution in [3.63, 3.8) is 0 Å². The Labute approximate surface area is 183 Å². The summed E-state index contributed by atoms with van der Waals surface area (Å²) in [6, 6.07) is 5.42. The molecular weight excluding hydrogens is 466 g/mol. The van der Waals surface area contributed by atoms with Gasteiger partial charge in [0.25, 0.3) is 0 Å². The predicted octanol–water partition coefficient (Wildman–Crippen LogP) is 7.50. The molecule has 2 aromatic rings. The number of nitrogens with zero attached hydrogens (tertiary/aromatic N) is 2. The maximum atomic E-state index is 13.8. The lowest BCUT2D eigenvalue weighted by molar-refractivity contribution is -0.197. The second-order valence-electron chi connectivity index (χ2n) is 7.38. The monoisotopic (exact) mass is 482 g/mol. The van der Waals surface area contributed by atoms with E-state index in [4.69, 9.17) is 21.6 Å². The minimum Gasteiger partial charge on any atom is -0.475 e. The normalized spacial score (nSPS) is 20.9. The third kappa shape index (κ3) is 5.44. The molecule has 0 bridgehead atoms. The number of thiazole rings is 1. The number of rotatable bonds is 4. The lowest BCUT2D eigenvalue weighted by Crippen LogP contribution is -2.27. The van der Waals surface area contributed by atoms with Crippen LogP contribution < -0.4 is 4.74 Å². The molecule has 3 nitrogen and oxygen atoms in total. The van der Waals surface area contributed by atoms with Gasteiger partial charge in [-0.1, -0.05) is 11.6 Å². The van der Waals surface area contributed by atoms with E-state index < -0.39 is 24.4 Å². The van der Waals surface area contributed by atoms with Crippen molar-refractivity contribution in [1.29, 1.82) is 5.26 Å². The fourth-order valence-electron chi connectivity index (χ4n) is 3.58. The summed E-state index contributed by atoms with van der Waals surface area (Å²) in [5, 5.41) is 9.25. The number of benzene rings is 1. The molecule has 1 fully saturated rings. The van der Waals surface area contributed by atoms with E-state index in [9.17, 15) is 26.3 Å². The molecule has 1 saturated carbocycles. The molecule has 0 aliphatic heterocycles. The number of alkyl halides is 6. The Morgan fingerprint density at radius 2 is 1.81 bits per heavy atom. The van der Waals surface area contributed by atoms with Crippen LogP contribution in [0.3, 0.4) is 0 Å². The first-order chi connectivity index (χ1) is 14.4. The van der Waals surface area contributed by atoms with Crippen LogP contribution in [-0.2, 0) is 0 Å².